The Morgan fingerprint density at radius 3 is 1.90 bits per heavy atom. The minimum atomic E-state index is -6.48. The van der Waals surface area contributed by atoms with Gasteiger partial charge in [-0.05, 0) is 6.07 Å². The van der Waals surface area contributed by atoms with Crippen molar-refractivity contribution in [2.75, 3.05) is 0 Å². The Balaban J connectivity index is 3.00. The molecule has 1 aromatic rings. The molecule has 0 saturated heterocycles. The summed E-state index contributed by atoms with van der Waals surface area (Å²) in [6.45, 7) is 0. The Morgan fingerprint density at radius 1 is 0.950 bits per heavy atom. The second-order valence-electron chi connectivity index (χ2n) is 4.02. The van der Waals surface area contributed by atoms with Gasteiger partial charge in [0, 0.05) is 12.0 Å². The molecule has 20 heavy (non-hydrogen) atoms. The summed E-state index contributed by atoms with van der Waals surface area (Å²) >= 11 is 0. The summed E-state index contributed by atoms with van der Waals surface area (Å²) in [7, 11) is 0. The minimum Gasteiger partial charge on any atom is -0.388 e. The van der Waals surface area contributed by atoms with Gasteiger partial charge in [0.2, 0.25) is 0 Å². The van der Waals surface area contributed by atoms with Crippen LogP contribution in [0.15, 0.2) is 24.3 Å². The number of rotatable bonds is 4. The van der Waals surface area contributed by atoms with Gasteiger partial charge in [0.25, 0.3) is 0 Å². The molecule has 0 radical (unpaired) electrons. The summed E-state index contributed by atoms with van der Waals surface area (Å²) in [6.07, 6.45) is -11.2. The maximum atomic E-state index is 13.1. The first-order valence-electron chi connectivity index (χ1n) is 5.15. The Kier molecular flexibility index (Phi) is 4.33. The monoisotopic (exact) mass is 308 g/mol. The average Bonchev–Trinajstić information content (AvgIpc) is 2.26. The molecule has 0 aliphatic carbocycles. The van der Waals surface area contributed by atoms with Crippen molar-refractivity contribution in [3.05, 3.63) is 35.6 Å². The Morgan fingerprint density at radius 2 is 1.45 bits per heavy atom. The lowest BCUT2D eigenvalue weighted by Crippen LogP contribution is -2.52. The van der Waals surface area contributed by atoms with Crippen molar-refractivity contribution < 1.29 is 40.2 Å². The average molecular weight is 308 g/mol. The lowest BCUT2D eigenvalue weighted by Gasteiger charge is -2.29. The zero-order valence-corrected chi connectivity index (χ0v) is 9.56. The van der Waals surface area contributed by atoms with E-state index >= 15 is 0 Å². The molecule has 1 atom stereocenters. The molecule has 0 heterocycles. The van der Waals surface area contributed by atoms with E-state index in [4.69, 9.17) is 0 Å². The van der Waals surface area contributed by atoms with E-state index in [1.54, 1.807) is 0 Å². The fourth-order valence-electron chi connectivity index (χ4n) is 1.43. The van der Waals surface area contributed by atoms with Crippen LogP contribution in [0.3, 0.4) is 0 Å². The van der Waals surface area contributed by atoms with E-state index in [0.29, 0.717) is 0 Å². The number of alkyl halides is 7. The standard InChI is InChI=1S/C11H8F8O/c12-7-4-2-1-3-6(7)8(20)5-9(13,14)10(15,16)11(17,18)19/h1-4,8,20H,5H2. The second kappa shape index (κ2) is 5.19. The Labute approximate surface area is 107 Å². The molecule has 0 saturated carbocycles. The van der Waals surface area contributed by atoms with E-state index in [1.165, 1.54) is 0 Å². The molecule has 114 valence electrons. The molecular weight excluding hydrogens is 300 g/mol. The minimum absolute atomic E-state index is 0.749. The van der Waals surface area contributed by atoms with E-state index in [-0.39, 0.29) is 0 Å². The van der Waals surface area contributed by atoms with Gasteiger partial charge in [0.1, 0.15) is 5.82 Å². The van der Waals surface area contributed by atoms with E-state index < -0.39 is 41.9 Å². The Bertz CT molecular complexity index is 468. The first kappa shape index (κ1) is 16.7. The van der Waals surface area contributed by atoms with E-state index in [2.05, 4.69) is 0 Å². The van der Waals surface area contributed by atoms with Crippen molar-refractivity contribution in [3.8, 4) is 0 Å². The summed E-state index contributed by atoms with van der Waals surface area (Å²) in [4.78, 5) is 0. The third-order valence-electron chi connectivity index (χ3n) is 2.53. The maximum Gasteiger partial charge on any atom is 0.459 e. The molecule has 1 nitrogen and oxygen atoms in total. The van der Waals surface area contributed by atoms with Crippen LogP contribution < -0.4 is 0 Å². The highest BCUT2D eigenvalue weighted by atomic mass is 19.4. The lowest BCUT2D eigenvalue weighted by atomic mass is 9.98. The Hall–Kier alpha value is -1.38. The molecule has 0 fully saturated rings. The van der Waals surface area contributed by atoms with E-state index in [0.717, 1.165) is 24.3 Å². The van der Waals surface area contributed by atoms with Gasteiger partial charge in [-0.15, -0.1) is 0 Å². The highest BCUT2D eigenvalue weighted by Gasteiger charge is 2.72. The number of benzene rings is 1. The second-order valence-corrected chi connectivity index (χ2v) is 4.02. The van der Waals surface area contributed by atoms with E-state index in [9.17, 15) is 40.2 Å². The molecule has 0 amide bonds. The summed E-state index contributed by atoms with van der Waals surface area (Å²) in [6, 6.07) is 3.80. The van der Waals surface area contributed by atoms with Crippen LogP contribution in [-0.2, 0) is 0 Å². The van der Waals surface area contributed by atoms with Gasteiger partial charge in [0.15, 0.2) is 0 Å². The molecular formula is C11H8F8O. The summed E-state index contributed by atoms with van der Waals surface area (Å²) in [5.41, 5.74) is -0.787. The number of halogens is 8. The predicted octanol–water partition coefficient (Wildman–Crippen LogP) is 4.08. The van der Waals surface area contributed by atoms with E-state index in [1.807, 2.05) is 0 Å². The molecule has 0 bridgehead atoms. The van der Waals surface area contributed by atoms with Crippen LogP contribution in [0.4, 0.5) is 35.1 Å². The van der Waals surface area contributed by atoms with Crippen LogP contribution in [0.2, 0.25) is 0 Å². The van der Waals surface area contributed by atoms with Gasteiger partial charge < -0.3 is 5.11 Å². The fraction of sp³-hybridized carbons (Fsp3) is 0.455. The highest BCUT2D eigenvalue weighted by molar-refractivity contribution is 5.20. The van der Waals surface area contributed by atoms with Gasteiger partial charge in [0.05, 0.1) is 6.10 Å². The molecule has 9 heteroatoms. The fourth-order valence-corrected chi connectivity index (χ4v) is 1.43. The largest absolute Gasteiger partial charge is 0.459 e. The number of aliphatic hydroxyl groups is 1. The maximum absolute atomic E-state index is 13.1. The topological polar surface area (TPSA) is 20.2 Å². The highest BCUT2D eigenvalue weighted by Crippen LogP contribution is 2.49. The van der Waals surface area contributed by atoms with Crippen molar-refractivity contribution in [3.63, 3.8) is 0 Å². The predicted molar refractivity (Wildman–Crippen MR) is 51.9 cm³/mol. The van der Waals surface area contributed by atoms with Gasteiger partial charge in [-0.25, -0.2) is 4.39 Å². The van der Waals surface area contributed by atoms with Crippen molar-refractivity contribution in [2.45, 2.75) is 30.5 Å². The van der Waals surface area contributed by atoms with Crippen molar-refractivity contribution in [1.82, 2.24) is 0 Å². The van der Waals surface area contributed by atoms with Crippen LogP contribution in [0.25, 0.3) is 0 Å². The third kappa shape index (κ3) is 3.02. The van der Waals surface area contributed by atoms with Crippen LogP contribution in [0, 0.1) is 5.82 Å². The van der Waals surface area contributed by atoms with Gasteiger partial charge >= 0.3 is 18.0 Å². The van der Waals surface area contributed by atoms with Crippen molar-refractivity contribution >= 4 is 0 Å². The summed E-state index contributed by atoms with van der Waals surface area (Å²) in [5.74, 6) is -13.1. The first-order chi connectivity index (χ1) is 8.90. The van der Waals surface area contributed by atoms with Gasteiger partial charge in [-0.1, -0.05) is 18.2 Å². The molecule has 0 aromatic heterocycles. The zero-order valence-electron chi connectivity index (χ0n) is 9.56. The molecule has 0 aliphatic heterocycles. The SMILES string of the molecule is OC(CC(F)(F)C(F)(F)C(F)(F)F)c1ccccc1F. The molecule has 1 N–H and O–H groups in total. The summed E-state index contributed by atoms with van der Waals surface area (Å²) < 4.78 is 100.0. The van der Waals surface area contributed by atoms with Crippen molar-refractivity contribution in [2.24, 2.45) is 0 Å². The quantitative estimate of drug-likeness (QED) is 0.831. The van der Waals surface area contributed by atoms with Gasteiger partial charge in [-0.3, -0.25) is 0 Å². The normalized spacial score (nSPS) is 15.2. The number of aliphatic hydroxyl groups excluding tert-OH is 1. The number of hydrogen-bond acceptors (Lipinski definition) is 1. The lowest BCUT2D eigenvalue weighted by molar-refractivity contribution is -0.358. The summed E-state index contributed by atoms with van der Waals surface area (Å²) in [5, 5.41) is 9.25. The molecule has 1 unspecified atom stereocenters. The first-order valence-corrected chi connectivity index (χ1v) is 5.15. The smallest absolute Gasteiger partial charge is 0.388 e. The molecule has 0 spiro atoms. The van der Waals surface area contributed by atoms with Crippen LogP contribution in [0.1, 0.15) is 18.1 Å². The van der Waals surface area contributed by atoms with Crippen molar-refractivity contribution in [1.29, 1.82) is 0 Å². The van der Waals surface area contributed by atoms with Crippen LogP contribution >= 0.6 is 0 Å². The molecule has 0 aliphatic rings. The number of hydrogen-bond donors (Lipinski definition) is 1. The molecule has 1 aromatic carbocycles. The van der Waals surface area contributed by atoms with Crippen LogP contribution in [0.5, 0.6) is 0 Å². The van der Waals surface area contributed by atoms with Crippen LogP contribution in [-0.4, -0.2) is 23.1 Å². The molecule has 1 rings (SSSR count). The zero-order chi connectivity index (χ0) is 15.8. The van der Waals surface area contributed by atoms with Gasteiger partial charge in [-0.2, -0.15) is 30.7 Å². The third-order valence-corrected chi connectivity index (χ3v) is 2.53.